The van der Waals surface area contributed by atoms with Crippen molar-refractivity contribution >= 4 is 17.2 Å². The summed E-state index contributed by atoms with van der Waals surface area (Å²) in [6.45, 7) is 4.79. The van der Waals surface area contributed by atoms with E-state index in [1.807, 2.05) is 24.6 Å². The normalized spacial score (nSPS) is 12.8. The lowest BCUT2D eigenvalue weighted by molar-refractivity contribution is 0.531. The minimum absolute atomic E-state index is 0.207. The van der Waals surface area contributed by atoms with Crippen LogP contribution in [0.4, 0.5) is 0 Å². The molecule has 1 unspecified atom stereocenters. The first kappa shape index (κ1) is 9.19. The monoisotopic (exact) mass is 183 g/mol. The highest BCUT2D eigenvalue weighted by Crippen LogP contribution is 2.03. The second kappa shape index (κ2) is 3.67. The van der Waals surface area contributed by atoms with Gasteiger partial charge in [0.15, 0.2) is 0 Å². The van der Waals surface area contributed by atoms with E-state index in [9.17, 15) is 0 Å². The molecule has 1 aromatic heterocycles. The largest absolute Gasteiger partial charge is 0.393 e. The first-order valence-corrected chi connectivity index (χ1v) is 4.30. The van der Waals surface area contributed by atoms with Gasteiger partial charge in [0, 0.05) is 17.8 Å². The number of hydrogen-bond acceptors (Lipinski definition) is 2. The first-order chi connectivity index (χ1) is 5.61. The minimum Gasteiger partial charge on any atom is -0.393 e. The van der Waals surface area contributed by atoms with Gasteiger partial charge in [-0.2, -0.15) is 5.10 Å². The number of nitrogens with two attached hydrogens (primary N) is 1. The number of rotatable bonds is 3. The average molecular weight is 183 g/mol. The molecule has 4 heteroatoms. The van der Waals surface area contributed by atoms with Crippen LogP contribution in [0.15, 0.2) is 12.3 Å². The van der Waals surface area contributed by atoms with Crippen LogP contribution in [-0.4, -0.2) is 14.8 Å². The van der Waals surface area contributed by atoms with Gasteiger partial charge in [0.25, 0.3) is 0 Å². The molecule has 0 saturated heterocycles. The number of thiocarbonyl (C=S) groups is 1. The zero-order valence-corrected chi connectivity index (χ0v) is 8.14. The maximum Gasteiger partial charge on any atom is 0.0774 e. The van der Waals surface area contributed by atoms with E-state index in [-0.39, 0.29) is 5.92 Å². The van der Waals surface area contributed by atoms with E-state index in [0.717, 1.165) is 12.2 Å². The summed E-state index contributed by atoms with van der Waals surface area (Å²) in [4.78, 5) is 0.546. The molecule has 12 heavy (non-hydrogen) atoms. The lowest BCUT2D eigenvalue weighted by Crippen LogP contribution is -2.23. The standard InChI is InChI=1S/C8H13N3S/c1-6(8(9)12)5-11-7(2)3-4-10-11/h3-4,6H,5H2,1-2H3,(H2,9,12). The predicted octanol–water partition coefficient (Wildman–Crippen LogP) is 1.11. The summed E-state index contributed by atoms with van der Waals surface area (Å²) in [6.07, 6.45) is 1.78. The second-order valence-corrected chi connectivity index (χ2v) is 3.43. The molecule has 1 aromatic rings. The van der Waals surface area contributed by atoms with Crippen LogP contribution in [0.1, 0.15) is 12.6 Å². The Morgan fingerprint density at radius 2 is 2.50 bits per heavy atom. The summed E-state index contributed by atoms with van der Waals surface area (Å²) >= 11 is 4.87. The quantitative estimate of drug-likeness (QED) is 0.714. The van der Waals surface area contributed by atoms with E-state index in [1.165, 1.54) is 0 Å². The van der Waals surface area contributed by atoms with Crippen molar-refractivity contribution < 1.29 is 0 Å². The van der Waals surface area contributed by atoms with Crippen LogP contribution < -0.4 is 5.73 Å². The lowest BCUT2D eigenvalue weighted by atomic mass is 10.2. The highest BCUT2D eigenvalue weighted by molar-refractivity contribution is 7.80. The highest BCUT2D eigenvalue weighted by Gasteiger charge is 2.07. The molecule has 0 aliphatic carbocycles. The molecule has 0 fully saturated rings. The van der Waals surface area contributed by atoms with Gasteiger partial charge in [0.1, 0.15) is 0 Å². The fourth-order valence-corrected chi connectivity index (χ4v) is 1.01. The first-order valence-electron chi connectivity index (χ1n) is 3.89. The third-order valence-electron chi connectivity index (χ3n) is 1.86. The summed E-state index contributed by atoms with van der Waals surface area (Å²) in [6, 6.07) is 1.96. The average Bonchev–Trinajstić information content (AvgIpc) is 2.36. The maximum absolute atomic E-state index is 5.49. The SMILES string of the molecule is Cc1ccnn1CC(C)C(N)=S. The third-order valence-corrected chi connectivity index (χ3v) is 2.26. The van der Waals surface area contributed by atoms with Crippen molar-refractivity contribution in [3.8, 4) is 0 Å². The molecule has 0 aliphatic rings. The number of hydrogen-bond donors (Lipinski definition) is 1. The van der Waals surface area contributed by atoms with Crippen molar-refractivity contribution in [2.75, 3.05) is 0 Å². The smallest absolute Gasteiger partial charge is 0.0774 e. The van der Waals surface area contributed by atoms with Crippen molar-refractivity contribution in [3.05, 3.63) is 18.0 Å². The van der Waals surface area contributed by atoms with Crippen molar-refractivity contribution in [1.29, 1.82) is 0 Å². The molecule has 3 nitrogen and oxygen atoms in total. The minimum atomic E-state index is 0.207. The van der Waals surface area contributed by atoms with Crippen molar-refractivity contribution in [1.82, 2.24) is 9.78 Å². The fraction of sp³-hybridized carbons (Fsp3) is 0.500. The van der Waals surface area contributed by atoms with E-state index in [0.29, 0.717) is 4.99 Å². The molecule has 0 aliphatic heterocycles. The summed E-state index contributed by atoms with van der Waals surface area (Å²) in [7, 11) is 0. The number of aryl methyl sites for hydroxylation is 1. The van der Waals surface area contributed by atoms with Crippen molar-refractivity contribution in [3.63, 3.8) is 0 Å². The van der Waals surface area contributed by atoms with E-state index < -0.39 is 0 Å². The van der Waals surface area contributed by atoms with Gasteiger partial charge in [-0.1, -0.05) is 19.1 Å². The second-order valence-electron chi connectivity index (χ2n) is 2.96. The molecule has 0 spiro atoms. The van der Waals surface area contributed by atoms with E-state index in [2.05, 4.69) is 5.10 Å². The highest BCUT2D eigenvalue weighted by atomic mass is 32.1. The fourth-order valence-electron chi connectivity index (χ4n) is 0.939. The Morgan fingerprint density at radius 3 is 2.92 bits per heavy atom. The van der Waals surface area contributed by atoms with Crippen LogP contribution in [0.5, 0.6) is 0 Å². The van der Waals surface area contributed by atoms with Crippen LogP contribution >= 0.6 is 12.2 Å². The maximum atomic E-state index is 5.49. The van der Waals surface area contributed by atoms with Crippen LogP contribution in [0, 0.1) is 12.8 Å². The summed E-state index contributed by atoms with van der Waals surface area (Å²) in [5.74, 6) is 0.207. The van der Waals surface area contributed by atoms with Crippen LogP contribution in [0.2, 0.25) is 0 Å². The summed E-state index contributed by atoms with van der Waals surface area (Å²) in [5, 5.41) is 4.14. The van der Waals surface area contributed by atoms with Gasteiger partial charge in [0.2, 0.25) is 0 Å². The van der Waals surface area contributed by atoms with Crippen molar-refractivity contribution in [2.45, 2.75) is 20.4 Å². The molecule has 0 saturated carbocycles. The van der Waals surface area contributed by atoms with Gasteiger partial charge >= 0.3 is 0 Å². The Balaban J connectivity index is 2.64. The van der Waals surface area contributed by atoms with Gasteiger partial charge in [0.05, 0.1) is 11.5 Å². The molecule has 1 atom stereocenters. The van der Waals surface area contributed by atoms with Gasteiger partial charge < -0.3 is 5.73 Å². The van der Waals surface area contributed by atoms with Gasteiger partial charge in [-0.25, -0.2) is 0 Å². The molecule has 0 radical (unpaired) electrons. The molecule has 1 heterocycles. The number of aromatic nitrogens is 2. The Morgan fingerprint density at radius 1 is 1.83 bits per heavy atom. The van der Waals surface area contributed by atoms with E-state index in [1.54, 1.807) is 6.20 Å². The summed E-state index contributed by atoms with van der Waals surface area (Å²) in [5.41, 5.74) is 6.63. The molecule has 1 rings (SSSR count). The molecular formula is C8H13N3S. The van der Waals surface area contributed by atoms with Gasteiger partial charge in [-0.3, -0.25) is 4.68 Å². The van der Waals surface area contributed by atoms with Crippen LogP contribution in [0.25, 0.3) is 0 Å². The molecule has 2 N–H and O–H groups in total. The van der Waals surface area contributed by atoms with E-state index >= 15 is 0 Å². The van der Waals surface area contributed by atoms with Gasteiger partial charge in [-0.15, -0.1) is 0 Å². The number of nitrogens with zero attached hydrogens (tertiary/aromatic N) is 2. The molecule has 0 bridgehead atoms. The summed E-state index contributed by atoms with van der Waals surface area (Å²) < 4.78 is 1.91. The molecular weight excluding hydrogens is 170 g/mol. The Bertz CT molecular complexity index is 280. The predicted molar refractivity (Wildman–Crippen MR) is 52.9 cm³/mol. The zero-order chi connectivity index (χ0) is 9.14. The topological polar surface area (TPSA) is 43.8 Å². The lowest BCUT2D eigenvalue weighted by Gasteiger charge is -2.10. The third kappa shape index (κ3) is 2.04. The van der Waals surface area contributed by atoms with Crippen molar-refractivity contribution in [2.24, 2.45) is 11.7 Å². The van der Waals surface area contributed by atoms with E-state index in [4.69, 9.17) is 18.0 Å². The molecule has 0 aromatic carbocycles. The molecule has 66 valence electrons. The van der Waals surface area contributed by atoms with Gasteiger partial charge in [-0.05, 0) is 13.0 Å². The zero-order valence-electron chi connectivity index (χ0n) is 7.32. The van der Waals surface area contributed by atoms with Crippen LogP contribution in [0.3, 0.4) is 0 Å². The van der Waals surface area contributed by atoms with Crippen LogP contribution in [-0.2, 0) is 6.54 Å². The molecule has 0 amide bonds. The Labute approximate surface area is 77.6 Å². The Kier molecular flexibility index (Phi) is 2.81. The Hall–Kier alpha value is -0.900.